The van der Waals surface area contributed by atoms with Gasteiger partial charge in [-0.3, -0.25) is 10.1 Å². The van der Waals surface area contributed by atoms with Crippen LogP contribution in [0.25, 0.3) is 0 Å². The second-order valence-corrected chi connectivity index (χ2v) is 7.81. The third-order valence-corrected chi connectivity index (χ3v) is 5.20. The minimum absolute atomic E-state index is 0.131. The fourth-order valence-electron chi connectivity index (χ4n) is 3.47. The zero-order chi connectivity index (χ0) is 21.5. The maximum Gasteiger partial charge on any atom is 0.320 e. The van der Waals surface area contributed by atoms with E-state index in [1.165, 1.54) is 0 Å². The van der Waals surface area contributed by atoms with Crippen LogP contribution in [0.1, 0.15) is 42.4 Å². The van der Waals surface area contributed by atoms with Gasteiger partial charge < -0.3 is 15.5 Å². The third kappa shape index (κ3) is 5.54. The standard InChI is InChI=1S/C22H30N6O2/c1-4-23-22(30)25-20-17(12-16-8-6-5-7-9-16)13-18(26-27-20)21(29)28-11-10-24-19(14-28)15(2)3/h5-9,13,15,19,24H,4,10-12,14H2,1-3H3,(H2,23,25,27,30)/t19-/m1/s1. The molecular weight excluding hydrogens is 380 g/mol. The zero-order valence-electron chi connectivity index (χ0n) is 17.8. The van der Waals surface area contributed by atoms with Crippen molar-refractivity contribution in [3.63, 3.8) is 0 Å². The lowest BCUT2D eigenvalue weighted by atomic mass is 10.0. The molecule has 1 saturated heterocycles. The number of anilines is 1. The Morgan fingerprint density at radius 1 is 1.23 bits per heavy atom. The fourth-order valence-corrected chi connectivity index (χ4v) is 3.47. The molecule has 0 bridgehead atoms. The Labute approximate surface area is 177 Å². The molecule has 1 aliphatic heterocycles. The highest BCUT2D eigenvalue weighted by molar-refractivity contribution is 5.93. The third-order valence-electron chi connectivity index (χ3n) is 5.20. The van der Waals surface area contributed by atoms with Gasteiger partial charge in [0.25, 0.3) is 5.91 Å². The number of urea groups is 1. The van der Waals surface area contributed by atoms with Crippen molar-refractivity contribution in [3.8, 4) is 0 Å². The SMILES string of the molecule is CCNC(=O)Nc1nnc(C(=O)N2CCN[C@@H](C(C)C)C2)cc1Cc1ccccc1. The van der Waals surface area contributed by atoms with Crippen LogP contribution in [-0.4, -0.2) is 59.3 Å². The molecule has 1 aromatic carbocycles. The van der Waals surface area contributed by atoms with Gasteiger partial charge in [0, 0.05) is 44.2 Å². The van der Waals surface area contributed by atoms with E-state index < -0.39 is 0 Å². The molecule has 0 aliphatic carbocycles. The number of amides is 3. The molecule has 1 aromatic heterocycles. The van der Waals surface area contributed by atoms with Crippen LogP contribution in [0.3, 0.4) is 0 Å². The number of aromatic nitrogens is 2. The Balaban J connectivity index is 1.85. The lowest BCUT2D eigenvalue weighted by Gasteiger charge is -2.35. The van der Waals surface area contributed by atoms with E-state index in [-0.39, 0.29) is 18.0 Å². The Kier molecular flexibility index (Phi) is 7.35. The molecule has 30 heavy (non-hydrogen) atoms. The summed E-state index contributed by atoms with van der Waals surface area (Å²) in [5.74, 6) is 0.666. The minimum atomic E-state index is -0.345. The molecule has 3 N–H and O–H groups in total. The van der Waals surface area contributed by atoms with Crippen molar-refractivity contribution in [3.05, 3.63) is 53.2 Å². The topological polar surface area (TPSA) is 99.2 Å². The predicted octanol–water partition coefficient (Wildman–Crippen LogP) is 2.28. The van der Waals surface area contributed by atoms with Gasteiger partial charge in [-0.25, -0.2) is 4.79 Å². The minimum Gasteiger partial charge on any atom is -0.338 e. The van der Waals surface area contributed by atoms with Gasteiger partial charge in [-0.05, 0) is 24.5 Å². The van der Waals surface area contributed by atoms with Crippen molar-refractivity contribution in [2.75, 3.05) is 31.5 Å². The van der Waals surface area contributed by atoms with Gasteiger partial charge in [0.05, 0.1) is 0 Å². The van der Waals surface area contributed by atoms with Crippen LogP contribution in [-0.2, 0) is 6.42 Å². The zero-order valence-corrected chi connectivity index (χ0v) is 17.8. The summed E-state index contributed by atoms with van der Waals surface area (Å²) in [6, 6.07) is 11.5. The Morgan fingerprint density at radius 2 is 2.00 bits per heavy atom. The molecule has 3 amide bonds. The van der Waals surface area contributed by atoms with Crippen molar-refractivity contribution in [1.82, 2.24) is 25.7 Å². The quantitative estimate of drug-likeness (QED) is 0.679. The van der Waals surface area contributed by atoms with Crippen LogP contribution in [0.4, 0.5) is 10.6 Å². The predicted molar refractivity (Wildman–Crippen MR) is 117 cm³/mol. The van der Waals surface area contributed by atoms with Crippen molar-refractivity contribution < 1.29 is 9.59 Å². The summed E-state index contributed by atoms with van der Waals surface area (Å²) in [6.45, 7) is 8.67. The van der Waals surface area contributed by atoms with Crippen LogP contribution in [0.15, 0.2) is 36.4 Å². The maximum absolute atomic E-state index is 13.1. The molecule has 3 rings (SSSR count). The Morgan fingerprint density at radius 3 is 2.70 bits per heavy atom. The molecule has 1 fully saturated rings. The number of nitrogens with one attached hydrogen (secondary N) is 3. The summed E-state index contributed by atoms with van der Waals surface area (Å²) in [5, 5.41) is 17.2. The van der Waals surface area contributed by atoms with Crippen LogP contribution in [0.2, 0.25) is 0 Å². The smallest absolute Gasteiger partial charge is 0.320 e. The van der Waals surface area contributed by atoms with Crippen molar-refractivity contribution in [2.45, 2.75) is 33.2 Å². The number of nitrogens with zero attached hydrogens (tertiary/aromatic N) is 3. The number of piperazine rings is 1. The van der Waals surface area contributed by atoms with Crippen LogP contribution < -0.4 is 16.0 Å². The second kappa shape index (κ2) is 10.2. The first-order chi connectivity index (χ1) is 14.5. The first-order valence-electron chi connectivity index (χ1n) is 10.5. The fraction of sp³-hybridized carbons (Fsp3) is 0.455. The van der Waals surface area contributed by atoms with Crippen LogP contribution in [0, 0.1) is 5.92 Å². The van der Waals surface area contributed by atoms with E-state index in [1.807, 2.05) is 42.2 Å². The summed E-state index contributed by atoms with van der Waals surface area (Å²) in [6.07, 6.45) is 0.536. The first kappa shape index (κ1) is 21.7. The van der Waals surface area contributed by atoms with Gasteiger partial charge in [0.1, 0.15) is 0 Å². The van der Waals surface area contributed by atoms with Gasteiger partial charge >= 0.3 is 6.03 Å². The van der Waals surface area contributed by atoms with E-state index >= 15 is 0 Å². The van der Waals surface area contributed by atoms with Crippen molar-refractivity contribution in [1.29, 1.82) is 0 Å². The molecule has 160 valence electrons. The summed E-state index contributed by atoms with van der Waals surface area (Å²) < 4.78 is 0. The summed E-state index contributed by atoms with van der Waals surface area (Å²) in [4.78, 5) is 26.9. The summed E-state index contributed by atoms with van der Waals surface area (Å²) in [7, 11) is 0. The van der Waals surface area contributed by atoms with Crippen LogP contribution >= 0.6 is 0 Å². The largest absolute Gasteiger partial charge is 0.338 e. The van der Waals surface area contributed by atoms with E-state index in [4.69, 9.17) is 0 Å². The number of benzene rings is 1. The monoisotopic (exact) mass is 410 g/mol. The molecule has 1 atom stereocenters. The molecule has 8 heteroatoms. The number of rotatable bonds is 6. The van der Waals surface area contributed by atoms with E-state index in [1.54, 1.807) is 6.07 Å². The van der Waals surface area contributed by atoms with Gasteiger partial charge in [0.2, 0.25) is 0 Å². The summed E-state index contributed by atoms with van der Waals surface area (Å²) >= 11 is 0. The first-order valence-corrected chi connectivity index (χ1v) is 10.5. The number of hydrogen-bond acceptors (Lipinski definition) is 5. The van der Waals surface area contributed by atoms with E-state index in [0.717, 1.165) is 17.7 Å². The Bertz CT molecular complexity index is 871. The average molecular weight is 411 g/mol. The molecule has 2 heterocycles. The normalized spacial score (nSPS) is 16.4. The molecule has 0 unspecified atom stereocenters. The van der Waals surface area contributed by atoms with Crippen molar-refractivity contribution >= 4 is 17.8 Å². The molecule has 2 aromatic rings. The van der Waals surface area contributed by atoms with E-state index in [2.05, 4.69) is 40.0 Å². The van der Waals surface area contributed by atoms with Gasteiger partial charge in [-0.2, -0.15) is 0 Å². The Hall–Kier alpha value is -3.00. The maximum atomic E-state index is 13.1. The van der Waals surface area contributed by atoms with E-state index in [9.17, 15) is 9.59 Å². The molecule has 0 radical (unpaired) electrons. The van der Waals surface area contributed by atoms with E-state index in [0.29, 0.717) is 43.5 Å². The number of carbonyl (C=O) groups is 2. The lowest BCUT2D eigenvalue weighted by Crippen LogP contribution is -2.54. The van der Waals surface area contributed by atoms with Crippen molar-refractivity contribution in [2.24, 2.45) is 5.92 Å². The lowest BCUT2D eigenvalue weighted by molar-refractivity contribution is 0.0676. The molecule has 1 aliphatic rings. The van der Waals surface area contributed by atoms with Gasteiger partial charge in [-0.1, -0.05) is 44.2 Å². The second-order valence-electron chi connectivity index (χ2n) is 7.81. The highest BCUT2D eigenvalue weighted by Crippen LogP contribution is 2.19. The highest BCUT2D eigenvalue weighted by Gasteiger charge is 2.27. The van der Waals surface area contributed by atoms with Gasteiger partial charge in [0.15, 0.2) is 11.5 Å². The number of hydrogen-bond donors (Lipinski definition) is 3. The number of carbonyl (C=O) groups excluding carboxylic acids is 2. The molecule has 0 spiro atoms. The van der Waals surface area contributed by atoms with Gasteiger partial charge in [-0.15, -0.1) is 10.2 Å². The van der Waals surface area contributed by atoms with Crippen LogP contribution in [0.5, 0.6) is 0 Å². The summed E-state index contributed by atoms with van der Waals surface area (Å²) in [5.41, 5.74) is 2.11. The molecule has 0 saturated carbocycles. The average Bonchev–Trinajstić information content (AvgIpc) is 2.75. The highest BCUT2D eigenvalue weighted by atomic mass is 16.2. The molecule has 8 nitrogen and oxygen atoms in total. The molecular formula is C22H30N6O2.